The summed E-state index contributed by atoms with van der Waals surface area (Å²) in [5, 5.41) is 0. The molecule has 0 aliphatic rings. The van der Waals surface area contributed by atoms with Gasteiger partial charge in [-0.25, -0.2) is 0 Å². The molecule has 1 aromatic carbocycles. The van der Waals surface area contributed by atoms with Gasteiger partial charge in [-0.3, -0.25) is 4.79 Å². The van der Waals surface area contributed by atoms with Gasteiger partial charge in [-0.2, -0.15) is 0 Å². The zero-order chi connectivity index (χ0) is 12.1. The maximum atomic E-state index is 12.1. The fourth-order valence-corrected chi connectivity index (χ4v) is 2.11. The minimum absolute atomic E-state index is 0.0666. The molecule has 0 aliphatic heterocycles. The van der Waals surface area contributed by atoms with Gasteiger partial charge in [0.1, 0.15) is 0 Å². The van der Waals surface area contributed by atoms with Gasteiger partial charge < -0.3 is 10.6 Å². The standard InChI is InChI=1S/C12H17BrN2O/c1-3-9(8-14)12(16)15(2)11-7-5-4-6-10(11)13/h4-7,9H,3,8,14H2,1-2H3. The minimum Gasteiger partial charge on any atom is -0.330 e. The van der Waals surface area contributed by atoms with Gasteiger partial charge in [-0.15, -0.1) is 0 Å². The van der Waals surface area contributed by atoms with Crippen LogP contribution in [0.15, 0.2) is 28.7 Å². The number of amides is 1. The van der Waals surface area contributed by atoms with Gasteiger partial charge in [0.2, 0.25) is 5.91 Å². The number of rotatable bonds is 4. The van der Waals surface area contributed by atoms with Gasteiger partial charge in [0.15, 0.2) is 0 Å². The molecule has 16 heavy (non-hydrogen) atoms. The van der Waals surface area contributed by atoms with Crippen LogP contribution in [-0.4, -0.2) is 19.5 Å². The average Bonchev–Trinajstić information content (AvgIpc) is 2.30. The van der Waals surface area contributed by atoms with Gasteiger partial charge in [0.25, 0.3) is 0 Å². The number of carbonyl (C=O) groups excluding carboxylic acids is 1. The summed E-state index contributed by atoms with van der Waals surface area (Å²) in [5.41, 5.74) is 6.45. The maximum Gasteiger partial charge on any atom is 0.231 e. The lowest BCUT2D eigenvalue weighted by molar-refractivity contribution is -0.121. The predicted octanol–water partition coefficient (Wildman–Crippen LogP) is 2.40. The molecule has 1 rings (SSSR count). The molecule has 88 valence electrons. The fraction of sp³-hybridized carbons (Fsp3) is 0.417. The molecule has 0 saturated heterocycles. The average molecular weight is 285 g/mol. The summed E-state index contributed by atoms with van der Waals surface area (Å²) in [6, 6.07) is 7.66. The first-order valence-electron chi connectivity index (χ1n) is 5.34. The lowest BCUT2D eigenvalue weighted by atomic mass is 10.1. The van der Waals surface area contributed by atoms with E-state index in [1.54, 1.807) is 11.9 Å². The highest BCUT2D eigenvalue weighted by molar-refractivity contribution is 9.10. The summed E-state index contributed by atoms with van der Waals surface area (Å²) >= 11 is 3.43. The lowest BCUT2D eigenvalue weighted by Gasteiger charge is -2.23. The Balaban J connectivity index is 2.90. The van der Waals surface area contributed by atoms with Crippen LogP contribution in [0.1, 0.15) is 13.3 Å². The normalized spacial score (nSPS) is 12.2. The van der Waals surface area contributed by atoms with Crippen molar-refractivity contribution in [2.24, 2.45) is 11.7 Å². The Kier molecular flexibility index (Phi) is 4.96. The van der Waals surface area contributed by atoms with Crippen LogP contribution in [0.3, 0.4) is 0 Å². The van der Waals surface area contributed by atoms with Crippen LogP contribution in [0, 0.1) is 5.92 Å². The molecule has 0 spiro atoms. The molecule has 0 saturated carbocycles. The van der Waals surface area contributed by atoms with Crippen LogP contribution in [-0.2, 0) is 4.79 Å². The summed E-state index contributed by atoms with van der Waals surface area (Å²) < 4.78 is 0.915. The molecule has 0 bridgehead atoms. The molecule has 0 heterocycles. The molecule has 0 fully saturated rings. The fourth-order valence-electron chi connectivity index (χ4n) is 1.56. The highest BCUT2D eigenvalue weighted by Crippen LogP contribution is 2.25. The lowest BCUT2D eigenvalue weighted by Crippen LogP contribution is -2.36. The number of hydrogen-bond donors (Lipinski definition) is 1. The molecular weight excluding hydrogens is 268 g/mol. The van der Waals surface area contributed by atoms with E-state index in [2.05, 4.69) is 15.9 Å². The molecule has 1 atom stereocenters. The molecule has 3 nitrogen and oxygen atoms in total. The SMILES string of the molecule is CCC(CN)C(=O)N(C)c1ccccc1Br. The smallest absolute Gasteiger partial charge is 0.231 e. The first-order chi connectivity index (χ1) is 7.61. The quantitative estimate of drug-likeness (QED) is 0.923. The molecule has 0 radical (unpaired) electrons. The summed E-state index contributed by atoms with van der Waals surface area (Å²) in [5.74, 6) is -0.0333. The number of anilines is 1. The summed E-state index contributed by atoms with van der Waals surface area (Å²) in [6.45, 7) is 2.37. The first-order valence-corrected chi connectivity index (χ1v) is 6.13. The number of nitrogens with two attached hydrogens (primary N) is 1. The van der Waals surface area contributed by atoms with Crippen molar-refractivity contribution in [3.63, 3.8) is 0 Å². The molecule has 1 unspecified atom stereocenters. The highest BCUT2D eigenvalue weighted by Gasteiger charge is 2.20. The van der Waals surface area contributed by atoms with E-state index in [0.717, 1.165) is 16.6 Å². The van der Waals surface area contributed by atoms with Crippen molar-refractivity contribution < 1.29 is 4.79 Å². The highest BCUT2D eigenvalue weighted by atomic mass is 79.9. The number of carbonyl (C=O) groups is 1. The monoisotopic (exact) mass is 284 g/mol. The Labute approximate surface area is 105 Å². The van der Waals surface area contributed by atoms with Crippen molar-refractivity contribution in [2.75, 3.05) is 18.5 Å². The molecule has 1 amide bonds. The predicted molar refractivity (Wildman–Crippen MR) is 70.4 cm³/mol. The van der Waals surface area contributed by atoms with Crippen LogP contribution in [0.2, 0.25) is 0 Å². The van der Waals surface area contributed by atoms with Gasteiger partial charge in [-0.1, -0.05) is 19.1 Å². The third-order valence-electron chi connectivity index (χ3n) is 2.67. The maximum absolute atomic E-state index is 12.1. The third-order valence-corrected chi connectivity index (χ3v) is 3.34. The second kappa shape index (κ2) is 6.01. The van der Waals surface area contributed by atoms with Crippen molar-refractivity contribution in [1.29, 1.82) is 0 Å². The second-order valence-corrected chi connectivity index (χ2v) is 4.54. The topological polar surface area (TPSA) is 46.3 Å². The van der Waals surface area contributed by atoms with E-state index in [9.17, 15) is 4.79 Å². The number of nitrogens with zero attached hydrogens (tertiary/aromatic N) is 1. The van der Waals surface area contributed by atoms with Crippen LogP contribution in [0.4, 0.5) is 5.69 Å². The third kappa shape index (κ3) is 2.83. The Morgan fingerprint density at radius 2 is 2.12 bits per heavy atom. The molecule has 2 N–H and O–H groups in total. The van der Waals surface area contributed by atoms with E-state index in [1.165, 1.54) is 0 Å². The van der Waals surface area contributed by atoms with Crippen molar-refractivity contribution in [2.45, 2.75) is 13.3 Å². The molecular formula is C12H17BrN2O. The molecule has 4 heteroatoms. The Hall–Kier alpha value is -0.870. The van der Waals surface area contributed by atoms with Gasteiger partial charge in [0.05, 0.1) is 11.6 Å². The number of halogens is 1. The Morgan fingerprint density at radius 1 is 1.50 bits per heavy atom. The zero-order valence-electron chi connectivity index (χ0n) is 9.61. The van der Waals surface area contributed by atoms with Gasteiger partial charge in [0, 0.05) is 18.1 Å². The van der Waals surface area contributed by atoms with Crippen LogP contribution >= 0.6 is 15.9 Å². The van der Waals surface area contributed by atoms with E-state index in [1.807, 2.05) is 31.2 Å². The van der Waals surface area contributed by atoms with E-state index >= 15 is 0 Å². The number of hydrogen-bond acceptors (Lipinski definition) is 2. The van der Waals surface area contributed by atoms with E-state index in [4.69, 9.17) is 5.73 Å². The largest absolute Gasteiger partial charge is 0.330 e. The van der Waals surface area contributed by atoms with Crippen molar-refractivity contribution in [1.82, 2.24) is 0 Å². The Morgan fingerprint density at radius 3 is 2.62 bits per heavy atom. The van der Waals surface area contributed by atoms with Crippen molar-refractivity contribution in [3.05, 3.63) is 28.7 Å². The number of benzene rings is 1. The van der Waals surface area contributed by atoms with Crippen molar-refractivity contribution >= 4 is 27.5 Å². The summed E-state index contributed by atoms with van der Waals surface area (Å²) in [6.07, 6.45) is 0.768. The van der Waals surface area contributed by atoms with Crippen LogP contribution in [0.25, 0.3) is 0 Å². The first kappa shape index (κ1) is 13.2. The van der Waals surface area contributed by atoms with E-state index in [-0.39, 0.29) is 11.8 Å². The van der Waals surface area contributed by atoms with E-state index in [0.29, 0.717) is 6.54 Å². The zero-order valence-corrected chi connectivity index (χ0v) is 11.2. The minimum atomic E-state index is -0.0999. The number of para-hydroxylation sites is 1. The molecule has 1 aromatic rings. The Bertz CT molecular complexity index is 364. The van der Waals surface area contributed by atoms with Crippen LogP contribution < -0.4 is 10.6 Å². The second-order valence-electron chi connectivity index (χ2n) is 3.69. The van der Waals surface area contributed by atoms with Crippen molar-refractivity contribution in [3.8, 4) is 0 Å². The summed E-state index contributed by atoms with van der Waals surface area (Å²) in [7, 11) is 1.78. The molecule has 0 aliphatic carbocycles. The molecule has 0 aromatic heterocycles. The van der Waals surface area contributed by atoms with Gasteiger partial charge in [-0.05, 0) is 34.5 Å². The van der Waals surface area contributed by atoms with Crippen LogP contribution in [0.5, 0.6) is 0 Å². The summed E-state index contributed by atoms with van der Waals surface area (Å²) in [4.78, 5) is 13.7. The van der Waals surface area contributed by atoms with Gasteiger partial charge >= 0.3 is 0 Å². The van der Waals surface area contributed by atoms with E-state index < -0.39 is 0 Å².